The molecule has 35 heavy (non-hydrogen) atoms. The van der Waals surface area contributed by atoms with Crippen LogP contribution in [0.4, 0.5) is 5.69 Å². The van der Waals surface area contributed by atoms with Crippen molar-refractivity contribution in [2.45, 2.75) is 30.0 Å². The zero-order chi connectivity index (χ0) is 24.6. The molecule has 1 atom stereocenters. The minimum atomic E-state index is -3.53. The summed E-state index contributed by atoms with van der Waals surface area (Å²) in [6, 6.07) is 22.1. The van der Waals surface area contributed by atoms with Crippen LogP contribution in [0.1, 0.15) is 27.0 Å². The third-order valence-electron chi connectivity index (χ3n) is 6.05. The number of amides is 1. The zero-order valence-corrected chi connectivity index (χ0v) is 21.3. The first-order valence-corrected chi connectivity index (χ1v) is 13.9. The van der Waals surface area contributed by atoms with Crippen LogP contribution in [0.2, 0.25) is 5.02 Å². The van der Waals surface area contributed by atoms with Gasteiger partial charge in [-0.25, -0.2) is 13.1 Å². The second-order valence-corrected chi connectivity index (χ2v) is 12.0. The third-order valence-corrected chi connectivity index (χ3v) is 9.22. The highest BCUT2D eigenvalue weighted by atomic mass is 35.5. The van der Waals surface area contributed by atoms with Crippen molar-refractivity contribution in [1.82, 2.24) is 4.72 Å². The summed E-state index contributed by atoms with van der Waals surface area (Å²) in [6.07, 6.45) is 1.19. The summed E-state index contributed by atoms with van der Waals surface area (Å²) in [7, 11) is -3.53. The Balaban J connectivity index is 1.34. The highest BCUT2D eigenvalue weighted by molar-refractivity contribution is 7.91. The molecule has 3 aromatic carbocycles. The molecule has 1 aliphatic carbocycles. The number of hydrogen-bond donors (Lipinski definition) is 2. The number of thiophene rings is 1. The van der Waals surface area contributed by atoms with Gasteiger partial charge in [0.2, 0.25) is 10.0 Å². The van der Waals surface area contributed by atoms with Gasteiger partial charge in [-0.3, -0.25) is 4.79 Å². The Bertz CT molecular complexity index is 1500. The van der Waals surface area contributed by atoms with E-state index in [1.54, 1.807) is 17.5 Å². The van der Waals surface area contributed by atoms with Crippen LogP contribution in [0, 0.1) is 6.92 Å². The number of hydrogen-bond acceptors (Lipinski definition) is 4. The molecule has 1 aromatic heterocycles. The summed E-state index contributed by atoms with van der Waals surface area (Å²) in [4.78, 5) is 13.3. The van der Waals surface area contributed by atoms with Gasteiger partial charge in [0.25, 0.3) is 5.91 Å². The number of benzene rings is 3. The standard InChI is InChI=1S/C27H23ClN2O3S2/c1-17-4-11-24(18-5-8-21(28)9-6-18)25(13-17)27(31)29-22-10-7-19-14-23(16-20(19)15-22)30-35(32,33)26-3-2-12-34-26/h2-13,15,23,30H,14,16H2,1H3,(H,29,31). The smallest absolute Gasteiger partial charge is 0.256 e. The molecule has 4 aromatic rings. The van der Waals surface area contributed by atoms with Crippen LogP contribution < -0.4 is 10.0 Å². The maximum absolute atomic E-state index is 13.3. The number of aryl methyl sites for hydroxylation is 1. The lowest BCUT2D eigenvalue weighted by Crippen LogP contribution is -2.34. The quantitative estimate of drug-likeness (QED) is 0.322. The van der Waals surface area contributed by atoms with E-state index in [0.29, 0.717) is 33.3 Å². The Morgan fingerprint density at radius 1 is 0.971 bits per heavy atom. The average Bonchev–Trinajstić information content (AvgIpc) is 3.49. The van der Waals surface area contributed by atoms with Gasteiger partial charge in [-0.1, -0.05) is 53.6 Å². The Hall–Kier alpha value is -2.97. The molecule has 0 radical (unpaired) electrons. The second kappa shape index (κ2) is 9.59. The van der Waals surface area contributed by atoms with Crippen LogP contribution in [-0.4, -0.2) is 20.4 Å². The van der Waals surface area contributed by atoms with E-state index in [1.165, 1.54) is 11.3 Å². The van der Waals surface area contributed by atoms with E-state index in [2.05, 4.69) is 10.0 Å². The van der Waals surface area contributed by atoms with Gasteiger partial charge in [0.15, 0.2) is 0 Å². The van der Waals surface area contributed by atoms with Crippen molar-refractivity contribution in [3.05, 3.63) is 105 Å². The normalized spacial score (nSPS) is 15.1. The number of halogens is 1. The van der Waals surface area contributed by atoms with Crippen molar-refractivity contribution < 1.29 is 13.2 Å². The van der Waals surface area contributed by atoms with E-state index in [-0.39, 0.29) is 11.9 Å². The summed E-state index contributed by atoms with van der Waals surface area (Å²) in [6.45, 7) is 1.95. The topological polar surface area (TPSA) is 75.3 Å². The molecule has 0 fully saturated rings. The van der Waals surface area contributed by atoms with Gasteiger partial charge in [-0.15, -0.1) is 11.3 Å². The first kappa shape index (κ1) is 23.8. The third kappa shape index (κ3) is 5.18. The number of sulfonamides is 1. The minimum Gasteiger partial charge on any atom is -0.322 e. The highest BCUT2D eigenvalue weighted by Gasteiger charge is 2.27. The van der Waals surface area contributed by atoms with Crippen molar-refractivity contribution in [1.29, 1.82) is 0 Å². The summed E-state index contributed by atoms with van der Waals surface area (Å²) >= 11 is 7.24. The SMILES string of the molecule is Cc1ccc(-c2ccc(Cl)cc2)c(C(=O)Nc2ccc3c(c2)CC(NS(=O)(=O)c2cccs2)C3)c1. The molecule has 1 heterocycles. The number of fused-ring (bicyclic) bond motifs is 1. The fraction of sp³-hybridized carbons (Fsp3) is 0.148. The van der Waals surface area contributed by atoms with Crippen molar-refractivity contribution in [3.63, 3.8) is 0 Å². The molecule has 0 aliphatic heterocycles. The molecule has 1 unspecified atom stereocenters. The van der Waals surface area contributed by atoms with Crippen molar-refractivity contribution in [2.75, 3.05) is 5.32 Å². The largest absolute Gasteiger partial charge is 0.322 e. The van der Waals surface area contributed by atoms with Crippen LogP contribution >= 0.6 is 22.9 Å². The van der Waals surface area contributed by atoms with Crippen molar-refractivity contribution in [2.24, 2.45) is 0 Å². The predicted molar refractivity (Wildman–Crippen MR) is 142 cm³/mol. The molecule has 8 heteroatoms. The van der Waals surface area contributed by atoms with Crippen LogP contribution in [0.3, 0.4) is 0 Å². The Morgan fingerprint density at radius 3 is 2.49 bits per heavy atom. The molecule has 0 spiro atoms. The lowest BCUT2D eigenvalue weighted by Gasteiger charge is -2.13. The average molecular weight is 523 g/mol. The van der Waals surface area contributed by atoms with Crippen LogP contribution in [-0.2, 0) is 22.9 Å². The molecule has 5 nitrogen and oxygen atoms in total. The summed E-state index contributed by atoms with van der Waals surface area (Å²) in [5.74, 6) is -0.202. The maximum Gasteiger partial charge on any atom is 0.256 e. The van der Waals surface area contributed by atoms with E-state index in [0.717, 1.165) is 27.8 Å². The van der Waals surface area contributed by atoms with E-state index in [9.17, 15) is 13.2 Å². The lowest BCUT2D eigenvalue weighted by molar-refractivity contribution is 0.102. The summed E-state index contributed by atoms with van der Waals surface area (Å²) < 4.78 is 28.3. The van der Waals surface area contributed by atoms with Crippen LogP contribution in [0.15, 0.2) is 82.4 Å². The molecule has 2 N–H and O–H groups in total. The number of carbonyl (C=O) groups excluding carboxylic acids is 1. The fourth-order valence-corrected chi connectivity index (χ4v) is 6.77. The lowest BCUT2D eigenvalue weighted by atomic mass is 9.97. The van der Waals surface area contributed by atoms with Gasteiger partial charge >= 0.3 is 0 Å². The summed E-state index contributed by atoms with van der Waals surface area (Å²) in [5, 5.41) is 5.41. The van der Waals surface area contributed by atoms with Crippen LogP contribution in [0.25, 0.3) is 11.1 Å². The highest BCUT2D eigenvalue weighted by Crippen LogP contribution is 2.30. The molecular formula is C27H23ClN2O3S2. The van der Waals surface area contributed by atoms with Gasteiger partial charge in [-0.05, 0) is 83.8 Å². The zero-order valence-electron chi connectivity index (χ0n) is 18.9. The number of rotatable bonds is 6. The monoisotopic (exact) mass is 522 g/mol. The van der Waals surface area contributed by atoms with E-state index < -0.39 is 10.0 Å². The van der Waals surface area contributed by atoms with Gasteiger partial charge in [0.1, 0.15) is 4.21 Å². The molecule has 0 saturated heterocycles. The van der Waals surface area contributed by atoms with Gasteiger partial charge in [-0.2, -0.15) is 0 Å². The Labute approximate surface area is 213 Å². The van der Waals surface area contributed by atoms with Gasteiger partial charge < -0.3 is 5.32 Å². The fourth-order valence-electron chi connectivity index (χ4n) is 4.40. The predicted octanol–water partition coefficient (Wildman–Crippen LogP) is 6.07. The van der Waals surface area contributed by atoms with E-state index in [4.69, 9.17) is 11.6 Å². The Morgan fingerprint density at radius 2 is 1.74 bits per heavy atom. The molecule has 0 bridgehead atoms. The van der Waals surface area contributed by atoms with E-state index in [1.807, 2.05) is 67.6 Å². The first-order chi connectivity index (χ1) is 16.8. The molecule has 178 valence electrons. The van der Waals surface area contributed by atoms with Crippen molar-refractivity contribution >= 4 is 44.6 Å². The molecule has 5 rings (SSSR count). The second-order valence-electron chi connectivity index (χ2n) is 8.65. The van der Waals surface area contributed by atoms with E-state index >= 15 is 0 Å². The van der Waals surface area contributed by atoms with Gasteiger partial charge in [0, 0.05) is 22.3 Å². The number of nitrogens with one attached hydrogen (secondary N) is 2. The Kier molecular flexibility index (Phi) is 6.51. The maximum atomic E-state index is 13.3. The van der Waals surface area contributed by atoms with Crippen molar-refractivity contribution in [3.8, 4) is 11.1 Å². The molecule has 1 amide bonds. The first-order valence-electron chi connectivity index (χ1n) is 11.1. The van der Waals surface area contributed by atoms with Crippen LogP contribution in [0.5, 0.6) is 0 Å². The molecular weight excluding hydrogens is 500 g/mol. The molecule has 1 aliphatic rings. The molecule has 0 saturated carbocycles. The number of carbonyl (C=O) groups is 1. The summed E-state index contributed by atoms with van der Waals surface area (Å²) in [5.41, 5.74) is 6.10. The van der Waals surface area contributed by atoms with Gasteiger partial charge in [0.05, 0.1) is 0 Å². The minimum absolute atomic E-state index is 0.202. The number of anilines is 1.